The first-order chi connectivity index (χ1) is 12.0. The number of nitrogens with one attached hydrogen (secondary N) is 2. The second kappa shape index (κ2) is 7.97. The van der Waals surface area contributed by atoms with Gasteiger partial charge in [-0.25, -0.2) is 13.1 Å². The highest BCUT2D eigenvalue weighted by Gasteiger charge is 2.17. The largest absolute Gasteiger partial charge is 0.356 e. The lowest BCUT2D eigenvalue weighted by Crippen LogP contribution is -2.32. The summed E-state index contributed by atoms with van der Waals surface area (Å²) in [6.45, 7) is 0.807. The van der Waals surface area contributed by atoms with Gasteiger partial charge in [-0.1, -0.05) is 43.2 Å². The zero-order chi connectivity index (χ0) is 17.7. The fourth-order valence-corrected chi connectivity index (χ4v) is 4.34. The van der Waals surface area contributed by atoms with Crippen molar-refractivity contribution >= 4 is 26.7 Å². The van der Waals surface area contributed by atoms with Crippen LogP contribution in [0.15, 0.2) is 47.4 Å². The molecule has 2 aromatic carbocycles. The second-order valence-corrected chi connectivity index (χ2v) is 8.38. The van der Waals surface area contributed by atoms with Crippen LogP contribution in [0, 0.1) is 5.92 Å². The van der Waals surface area contributed by atoms with E-state index in [0.717, 1.165) is 10.8 Å². The van der Waals surface area contributed by atoms with Crippen LogP contribution in [-0.2, 0) is 14.8 Å². The third-order valence-corrected chi connectivity index (χ3v) is 6.20. The highest BCUT2D eigenvalue weighted by Crippen LogP contribution is 2.23. The number of fused-ring (bicyclic) bond motifs is 1. The molecule has 1 amide bonds. The number of hydrogen-bond donors (Lipinski definition) is 2. The molecule has 0 saturated heterocycles. The average Bonchev–Trinajstić information content (AvgIpc) is 3.13. The van der Waals surface area contributed by atoms with Crippen LogP contribution in [0.2, 0.25) is 0 Å². The van der Waals surface area contributed by atoms with Crippen molar-refractivity contribution in [3.8, 4) is 0 Å². The van der Waals surface area contributed by atoms with Gasteiger partial charge in [0.15, 0.2) is 0 Å². The molecule has 0 atom stereocenters. The minimum absolute atomic E-state index is 0.103. The van der Waals surface area contributed by atoms with E-state index in [-0.39, 0.29) is 23.8 Å². The Balaban J connectivity index is 1.51. The number of hydrogen-bond acceptors (Lipinski definition) is 3. The molecule has 134 valence electrons. The molecule has 1 aliphatic rings. The van der Waals surface area contributed by atoms with Crippen LogP contribution in [-0.4, -0.2) is 27.4 Å². The topological polar surface area (TPSA) is 75.3 Å². The number of benzene rings is 2. The van der Waals surface area contributed by atoms with E-state index in [9.17, 15) is 13.2 Å². The molecule has 2 aromatic rings. The van der Waals surface area contributed by atoms with E-state index in [0.29, 0.717) is 12.5 Å². The molecule has 0 bridgehead atoms. The lowest BCUT2D eigenvalue weighted by Gasteiger charge is -2.11. The molecule has 0 heterocycles. The number of rotatable bonds is 7. The zero-order valence-corrected chi connectivity index (χ0v) is 15.0. The molecule has 0 unspecified atom stereocenters. The molecule has 0 aliphatic heterocycles. The summed E-state index contributed by atoms with van der Waals surface area (Å²) in [6, 6.07) is 12.6. The van der Waals surface area contributed by atoms with Crippen molar-refractivity contribution in [2.24, 2.45) is 5.92 Å². The van der Waals surface area contributed by atoms with Gasteiger partial charge in [0, 0.05) is 19.5 Å². The predicted octanol–water partition coefficient (Wildman–Crippen LogP) is 2.81. The van der Waals surface area contributed by atoms with E-state index in [2.05, 4.69) is 10.0 Å². The molecule has 6 heteroatoms. The molecule has 2 N–H and O–H groups in total. The molecule has 25 heavy (non-hydrogen) atoms. The Morgan fingerprint density at radius 3 is 2.52 bits per heavy atom. The second-order valence-electron chi connectivity index (χ2n) is 6.61. The molecule has 0 aromatic heterocycles. The van der Waals surface area contributed by atoms with Crippen LogP contribution >= 0.6 is 0 Å². The fraction of sp³-hybridized carbons (Fsp3) is 0.421. The Morgan fingerprint density at radius 1 is 1.04 bits per heavy atom. The summed E-state index contributed by atoms with van der Waals surface area (Å²) in [5.41, 5.74) is 0. The van der Waals surface area contributed by atoms with Crippen LogP contribution in [0.1, 0.15) is 32.1 Å². The van der Waals surface area contributed by atoms with Gasteiger partial charge in [-0.3, -0.25) is 4.79 Å². The van der Waals surface area contributed by atoms with Crippen molar-refractivity contribution in [2.75, 3.05) is 13.1 Å². The Labute approximate surface area is 148 Å². The van der Waals surface area contributed by atoms with Gasteiger partial charge in [-0.15, -0.1) is 0 Å². The van der Waals surface area contributed by atoms with Crippen molar-refractivity contribution in [3.05, 3.63) is 42.5 Å². The van der Waals surface area contributed by atoms with Gasteiger partial charge in [0.1, 0.15) is 0 Å². The average molecular weight is 360 g/mol. The molecular formula is C19H24N2O3S. The molecule has 1 aliphatic carbocycles. The van der Waals surface area contributed by atoms with E-state index in [1.807, 2.05) is 24.3 Å². The molecule has 0 radical (unpaired) electrons. The van der Waals surface area contributed by atoms with E-state index < -0.39 is 10.0 Å². The van der Waals surface area contributed by atoms with Crippen molar-refractivity contribution in [3.63, 3.8) is 0 Å². The molecule has 0 spiro atoms. The number of carbonyl (C=O) groups excluding carboxylic acids is 1. The van der Waals surface area contributed by atoms with Gasteiger partial charge in [-0.2, -0.15) is 0 Å². The van der Waals surface area contributed by atoms with Crippen molar-refractivity contribution in [1.82, 2.24) is 10.0 Å². The summed E-state index contributed by atoms with van der Waals surface area (Å²) in [6.07, 6.45) is 4.99. The van der Waals surface area contributed by atoms with Crippen molar-refractivity contribution in [2.45, 2.75) is 37.0 Å². The maximum Gasteiger partial charge on any atom is 0.240 e. The third kappa shape index (κ3) is 4.80. The van der Waals surface area contributed by atoms with E-state index in [1.165, 1.54) is 25.7 Å². The van der Waals surface area contributed by atoms with Gasteiger partial charge >= 0.3 is 0 Å². The third-order valence-electron chi connectivity index (χ3n) is 4.74. The van der Waals surface area contributed by atoms with Crippen molar-refractivity contribution in [1.29, 1.82) is 0 Å². The van der Waals surface area contributed by atoms with Crippen LogP contribution in [0.4, 0.5) is 0 Å². The summed E-state index contributed by atoms with van der Waals surface area (Å²) >= 11 is 0. The number of sulfonamides is 1. The van der Waals surface area contributed by atoms with Gasteiger partial charge in [0.25, 0.3) is 0 Å². The summed E-state index contributed by atoms with van der Waals surface area (Å²) in [5.74, 6) is 0.478. The summed E-state index contributed by atoms with van der Waals surface area (Å²) < 4.78 is 27.3. The van der Waals surface area contributed by atoms with Gasteiger partial charge in [0.05, 0.1) is 4.90 Å². The Kier molecular flexibility index (Phi) is 5.71. The first-order valence-electron chi connectivity index (χ1n) is 8.80. The summed E-state index contributed by atoms with van der Waals surface area (Å²) in [4.78, 5) is 12.1. The lowest BCUT2D eigenvalue weighted by atomic mass is 10.1. The summed E-state index contributed by atoms with van der Waals surface area (Å²) in [7, 11) is -3.61. The fourth-order valence-electron chi connectivity index (χ4n) is 3.28. The molecule has 1 fully saturated rings. The van der Waals surface area contributed by atoms with Gasteiger partial charge < -0.3 is 5.32 Å². The van der Waals surface area contributed by atoms with E-state index >= 15 is 0 Å². The SMILES string of the molecule is O=C(CCNS(=O)(=O)c1ccc2ccccc2c1)NCC1CCCC1. The predicted molar refractivity (Wildman–Crippen MR) is 98.7 cm³/mol. The molecule has 5 nitrogen and oxygen atoms in total. The smallest absolute Gasteiger partial charge is 0.240 e. The van der Waals surface area contributed by atoms with Crippen LogP contribution < -0.4 is 10.0 Å². The van der Waals surface area contributed by atoms with Gasteiger partial charge in [0.2, 0.25) is 15.9 Å². The van der Waals surface area contributed by atoms with E-state index in [4.69, 9.17) is 0 Å². The minimum atomic E-state index is -3.61. The monoisotopic (exact) mass is 360 g/mol. The maximum absolute atomic E-state index is 12.4. The van der Waals surface area contributed by atoms with Crippen LogP contribution in [0.5, 0.6) is 0 Å². The number of carbonyl (C=O) groups is 1. The zero-order valence-electron chi connectivity index (χ0n) is 14.2. The number of amides is 1. The lowest BCUT2D eigenvalue weighted by molar-refractivity contribution is -0.121. The highest BCUT2D eigenvalue weighted by atomic mass is 32.2. The first kappa shape index (κ1) is 17.9. The minimum Gasteiger partial charge on any atom is -0.356 e. The normalized spacial score (nSPS) is 15.5. The Morgan fingerprint density at radius 2 is 1.76 bits per heavy atom. The van der Waals surface area contributed by atoms with Crippen molar-refractivity contribution < 1.29 is 13.2 Å². The van der Waals surface area contributed by atoms with Gasteiger partial charge in [-0.05, 0) is 41.7 Å². The quantitative estimate of drug-likeness (QED) is 0.797. The Bertz CT molecular complexity index is 843. The molecular weight excluding hydrogens is 336 g/mol. The molecule has 3 rings (SSSR count). The van der Waals surface area contributed by atoms with Crippen LogP contribution in [0.3, 0.4) is 0 Å². The standard InChI is InChI=1S/C19H24N2O3S/c22-19(20-14-15-5-1-2-6-15)11-12-21-25(23,24)18-10-9-16-7-3-4-8-17(16)13-18/h3-4,7-10,13,15,21H,1-2,5-6,11-12,14H2,(H,20,22). The van der Waals surface area contributed by atoms with Crippen LogP contribution in [0.25, 0.3) is 10.8 Å². The van der Waals surface area contributed by atoms with E-state index in [1.54, 1.807) is 18.2 Å². The maximum atomic E-state index is 12.4. The molecule has 1 saturated carbocycles. The summed E-state index contributed by atoms with van der Waals surface area (Å²) in [5, 5.41) is 4.77. The highest BCUT2D eigenvalue weighted by molar-refractivity contribution is 7.89. The Hall–Kier alpha value is -1.92. The first-order valence-corrected chi connectivity index (χ1v) is 10.3.